The molecular formula is C18H33N5O6. The van der Waals surface area contributed by atoms with Gasteiger partial charge in [-0.25, -0.2) is 4.79 Å². The first-order valence-electron chi connectivity index (χ1n) is 9.55. The summed E-state index contributed by atoms with van der Waals surface area (Å²) < 4.78 is 0. The molecule has 4 amide bonds. The number of carboxylic acids is 1. The first kappa shape index (κ1) is 26.3. The summed E-state index contributed by atoms with van der Waals surface area (Å²) in [7, 11) is 0. The van der Waals surface area contributed by atoms with Gasteiger partial charge in [-0.2, -0.15) is 0 Å². The molecule has 0 saturated heterocycles. The van der Waals surface area contributed by atoms with Gasteiger partial charge in [-0.1, -0.05) is 34.1 Å². The molecule has 8 N–H and O–H groups in total. The Labute approximate surface area is 170 Å². The lowest BCUT2D eigenvalue weighted by Crippen LogP contribution is -2.58. The Hall–Kier alpha value is -2.69. The van der Waals surface area contributed by atoms with Crippen LogP contribution in [0.1, 0.15) is 47.0 Å². The van der Waals surface area contributed by atoms with Gasteiger partial charge in [0.15, 0.2) is 0 Å². The van der Waals surface area contributed by atoms with Crippen LogP contribution in [0.3, 0.4) is 0 Å². The van der Waals surface area contributed by atoms with Crippen LogP contribution in [0.15, 0.2) is 0 Å². The summed E-state index contributed by atoms with van der Waals surface area (Å²) in [5, 5.41) is 16.7. The average molecular weight is 415 g/mol. The molecule has 0 heterocycles. The van der Waals surface area contributed by atoms with Gasteiger partial charge in [0.05, 0.1) is 6.54 Å². The van der Waals surface area contributed by atoms with Crippen molar-refractivity contribution in [2.75, 3.05) is 6.54 Å². The molecule has 0 aromatic heterocycles. The van der Waals surface area contributed by atoms with Crippen molar-refractivity contribution in [3.8, 4) is 0 Å². The van der Waals surface area contributed by atoms with E-state index in [2.05, 4.69) is 16.0 Å². The minimum atomic E-state index is -1.17. The molecule has 0 aliphatic carbocycles. The van der Waals surface area contributed by atoms with Crippen molar-refractivity contribution in [2.45, 2.75) is 65.1 Å². The zero-order chi connectivity index (χ0) is 22.7. The number of amides is 4. The van der Waals surface area contributed by atoms with Crippen LogP contribution in [-0.2, 0) is 24.0 Å². The minimum Gasteiger partial charge on any atom is -0.480 e. The largest absolute Gasteiger partial charge is 0.480 e. The molecule has 11 heteroatoms. The number of primary amides is 1. The SMILES string of the molecule is CCC(C)C(NC(=O)C(NC(=O)C(CCC(N)=O)NC(=O)CN)C(C)C)C(=O)O. The van der Waals surface area contributed by atoms with Gasteiger partial charge in [-0.15, -0.1) is 0 Å². The van der Waals surface area contributed by atoms with Gasteiger partial charge in [0.2, 0.25) is 23.6 Å². The van der Waals surface area contributed by atoms with Crippen molar-refractivity contribution < 1.29 is 29.1 Å². The number of nitrogens with one attached hydrogen (secondary N) is 3. The Morgan fingerprint density at radius 2 is 1.48 bits per heavy atom. The maximum absolute atomic E-state index is 12.7. The third kappa shape index (κ3) is 9.37. The summed E-state index contributed by atoms with van der Waals surface area (Å²) in [6, 6.07) is -3.26. The second kappa shape index (κ2) is 12.7. The van der Waals surface area contributed by atoms with E-state index in [-0.39, 0.29) is 31.2 Å². The highest BCUT2D eigenvalue weighted by molar-refractivity contribution is 5.94. The predicted molar refractivity (Wildman–Crippen MR) is 105 cm³/mol. The van der Waals surface area contributed by atoms with Gasteiger partial charge in [0.25, 0.3) is 0 Å². The van der Waals surface area contributed by atoms with Crippen LogP contribution in [0, 0.1) is 11.8 Å². The molecule has 0 aliphatic rings. The molecule has 0 aromatic carbocycles. The number of nitrogens with two attached hydrogens (primary N) is 2. The van der Waals surface area contributed by atoms with E-state index >= 15 is 0 Å². The van der Waals surface area contributed by atoms with E-state index < -0.39 is 47.7 Å². The van der Waals surface area contributed by atoms with Crippen LogP contribution < -0.4 is 27.4 Å². The lowest BCUT2D eigenvalue weighted by molar-refractivity contribution is -0.144. The maximum atomic E-state index is 12.7. The molecule has 4 unspecified atom stereocenters. The third-order valence-electron chi connectivity index (χ3n) is 4.54. The van der Waals surface area contributed by atoms with Crippen LogP contribution in [0.25, 0.3) is 0 Å². The fourth-order valence-electron chi connectivity index (χ4n) is 2.52. The highest BCUT2D eigenvalue weighted by atomic mass is 16.4. The van der Waals surface area contributed by atoms with Gasteiger partial charge in [-0.05, 0) is 18.3 Å². The number of carboxylic acid groups (broad SMARTS) is 1. The van der Waals surface area contributed by atoms with Crippen molar-refractivity contribution in [2.24, 2.45) is 23.3 Å². The summed E-state index contributed by atoms with van der Waals surface area (Å²) in [5.74, 6) is -4.46. The van der Waals surface area contributed by atoms with Crippen LogP contribution >= 0.6 is 0 Å². The first-order chi connectivity index (χ1) is 13.4. The molecule has 0 saturated carbocycles. The van der Waals surface area contributed by atoms with Crippen molar-refractivity contribution >= 4 is 29.6 Å². The Morgan fingerprint density at radius 1 is 0.931 bits per heavy atom. The van der Waals surface area contributed by atoms with Crippen LogP contribution in [-0.4, -0.2) is 59.4 Å². The molecule has 0 rings (SSSR count). The van der Waals surface area contributed by atoms with Gasteiger partial charge in [0, 0.05) is 6.42 Å². The van der Waals surface area contributed by atoms with Crippen molar-refractivity contribution in [3.05, 3.63) is 0 Å². The molecular weight excluding hydrogens is 382 g/mol. The van der Waals surface area contributed by atoms with Crippen molar-refractivity contribution in [1.82, 2.24) is 16.0 Å². The Bertz CT molecular complexity index is 610. The number of rotatable bonds is 13. The van der Waals surface area contributed by atoms with Crippen molar-refractivity contribution in [3.63, 3.8) is 0 Å². The maximum Gasteiger partial charge on any atom is 0.326 e. The number of hydrogen-bond donors (Lipinski definition) is 6. The van der Waals surface area contributed by atoms with E-state index in [0.29, 0.717) is 6.42 Å². The zero-order valence-corrected chi connectivity index (χ0v) is 17.4. The molecule has 0 radical (unpaired) electrons. The second-order valence-electron chi connectivity index (χ2n) is 7.27. The van der Waals surface area contributed by atoms with Gasteiger partial charge in [0.1, 0.15) is 18.1 Å². The molecule has 4 atom stereocenters. The van der Waals surface area contributed by atoms with Crippen LogP contribution in [0.5, 0.6) is 0 Å². The van der Waals surface area contributed by atoms with E-state index in [1.54, 1.807) is 27.7 Å². The fraction of sp³-hybridized carbons (Fsp3) is 0.722. The molecule has 0 aliphatic heterocycles. The quantitative estimate of drug-likeness (QED) is 0.209. The van der Waals surface area contributed by atoms with E-state index in [1.165, 1.54) is 0 Å². The Kier molecular flexibility index (Phi) is 11.5. The number of aliphatic carboxylic acids is 1. The minimum absolute atomic E-state index is 0.0655. The summed E-state index contributed by atoms with van der Waals surface area (Å²) >= 11 is 0. The summed E-state index contributed by atoms with van der Waals surface area (Å²) in [6.45, 7) is 6.51. The Balaban J connectivity index is 5.36. The summed E-state index contributed by atoms with van der Waals surface area (Å²) in [6.07, 6.45) is 0.316. The molecule has 0 spiro atoms. The Morgan fingerprint density at radius 3 is 1.90 bits per heavy atom. The first-order valence-corrected chi connectivity index (χ1v) is 9.55. The predicted octanol–water partition coefficient (Wildman–Crippen LogP) is -1.55. The molecule has 0 bridgehead atoms. The van der Waals surface area contributed by atoms with E-state index in [1.807, 2.05) is 0 Å². The monoisotopic (exact) mass is 415 g/mol. The lowest BCUT2D eigenvalue weighted by atomic mass is 9.97. The van der Waals surface area contributed by atoms with Crippen LogP contribution in [0.4, 0.5) is 0 Å². The number of carbonyl (C=O) groups is 5. The van der Waals surface area contributed by atoms with Crippen molar-refractivity contribution in [1.29, 1.82) is 0 Å². The molecule has 11 nitrogen and oxygen atoms in total. The van der Waals surface area contributed by atoms with Crippen LogP contribution in [0.2, 0.25) is 0 Å². The fourth-order valence-corrected chi connectivity index (χ4v) is 2.52. The normalized spacial score (nSPS) is 15.0. The van der Waals surface area contributed by atoms with E-state index in [9.17, 15) is 29.1 Å². The average Bonchev–Trinajstić information content (AvgIpc) is 2.65. The molecule has 0 aromatic rings. The second-order valence-corrected chi connectivity index (χ2v) is 7.27. The standard InChI is InChI=1S/C18H33N5O6/c1-5-10(4)15(18(28)29)23-17(27)14(9(2)3)22-16(26)11(6-7-12(20)24)21-13(25)8-19/h9-11,14-15H,5-8,19H2,1-4H3,(H2,20,24)(H,21,25)(H,22,26)(H,23,27)(H,28,29). The van der Waals surface area contributed by atoms with E-state index in [0.717, 1.165) is 0 Å². The van der Waals surface area contributed by atoms with Gasteiger partial charge >= 0.3 is 5.97 Å². The number of hydrogen-bond acceptors (Lipinski definition) is 6. The van der Waals surface area contributed by atoms with Gasteiger partial charge < -0.3 is 32.5 Å². The summed E-state index contributed by atoms with van der Waals surface area (Å²) in [5.41, 5.74) is 10.3. The highest BCUT2D eigenvalue weighted by Crippen LogP contribution is 2.10. The lowest BCUT2D eigenvalue weighted by Gasteiger charge is -2.28. The molecule has 0 fully saturated rings. The topological polar surface area (TPSA) is 194 Å². The number of carbonyl (C=O) groups excluding carboxylic acids is 4. The highest BCUT2D eigenvalue weighted by Gasteiger charge is 2.32. The molecule has 166 valence electrons. The molecule has 29 heavy (non-hydrogen) atoms. The summed E-state index contributed by atoms with van der Waals surface area (Å²) in [4.78, 5) is 59.3. The van der Waals surface area contributed by atoms with E-state index in [4.69, 9.17) is 11.5 Å². The third-order valence-corrected chi connectivity index (χ3v) is 4.54. The smallest absolute Gasteiger partial charge is 0.326 e. The van der Waals surface area contributed by atoms with Gasteiger partial charge in [-0.3, -0.25) is 19.2 Å². The zero-order valence-electron chi connectivity index (χ0n) is 17.4.